The van der Waals surface area contributed by atoms with Gasteiger partial charge in [0, 0.05) is 30.8 Å². The first-order valence-electron chi connectivity index (χ1n) is 11.1. The molecule has 6 rings (SSSR count). The van der Waals surface area contributed by atoms with Crippen molar-refractivity contribution in [2.24, 2.45) is 0 Å². The number of likely N-dealkylation sites (tertiary alicyclic amines) is 1. The molecule has 6 heteroatoms. The number of benzene rings is 1. The van der Waals surface area contributed by atoms with Gasteiger partial charge in [-0.1, -0.05) is 24.3 Å². The first-order chi connectivity index (χ1) is 14.8. The van der Waals surface area contributed by atoms with Crippen molar-refractivity contribution in [1.82, 2.24) is 24.6 Å². The standard InChI is InChI=1S/C24H25N5O/c30-23(28-12-3-4-13-28)20-15-26-29(22(20)17-10-11-17)24-25-14-18-8-5-7-16-6-1-2-9-19(16)21(18)27-24/h1-2,6,9,14-15,17H,3-5,7-8,10-13H2. The van der Waals surface area contributed by atoms with Gasteiger partial charge in [-0.05, 0) is 56.1 Å². The highest BCUT2D eigenvalue weighted by atomic mass is 16.2. The number of carbonyl (C=O) groups excluding carboxylic acids is 1. The van der Waals surface area contributed by atoms with Crippen molar-refractivity contribution in [2.75, 3.05) is 13.1 Å². The summed E-state index contributed by atoms with van der Waals surface area (Å²) < 4.78 is 1.83. The molecule has 0 bridgehead atoms. The Kier molecular flexibility index (Phi) is 4.18. The third-order valence-corrected chi connectivity index (χ3v) is 6.60. The van der Waals surface area contributed by atoms with Gasteiger partial charge in [0.15, 0.2) is 0 Å². The number of hydrogen-bond donors (Lipinski definition) is 0. The molecule has 3 aliphatic rings. The van der Waals surface area contributed by atoms with E-state index in [4.69, 9.17) is 4.98 Å². The number of amides is 1. The third kappa shape index (κ3) is 2.93. The highest BCUT2D eigenvalue weighted by Crippen LogP contribution is 2.43. The average molecular weight is 399 g/mol. The molecule has 0 N–H and O–H groups in total. The molecule has 1 amide bonds. The predicted molar refractivity (Wildman–Crippen MR) is 114 cm³/mol. The third-order valence-electron chi connectivity index (χ3n) is 6.60. The molecule has 2 aromatic heterocycles. The zero-order chi connectivity index (χ0) is 20.1. The Morgan fingerprint density at radius 1 is 0.967 bits per heavy atom. The van der Waals surface area contributed by atoms with Gasteiger partial charge in [0.1, 0.15) is 0 Å². The van der Waals surface area contributed by atoms with E-state index in [-0.39, 0.29) is 5.91 Å². The number of aromatic nitrogens is 4. The van der Waals surface area contributed by atoms with Gasteiger partial charge >= 0.3 is 0 Å². The van der Waals surface area contributed by atoms with Crippen molar-refractivity contribution in [3.8, 4) is 17.2 Å². The van der Waals surface area contributed by atoms with E-state index < -0.39 is 0 Å². The van der Waals surface area contributed by atoms with Gasteiger partial charge in [-0.3, -0.25) is 4.79 Å². The van der Waals surface area contributed by atoms with Gasteiger partial charge in [-0.15, -0.1) is 0 Å². The minimum Gasteiger partial charge on any atom is -0.339 e. The summed E-state index contributed by atoms with van der Waals surface area (Å²) in [5.74, 6) is 1.07. The van der Waals surface area contributed by atoms with Gasteiger partial charge in [-0.25, -0.2) is 14.6 Å². The second-order valence-corrected chi connectivity index (χ2v) is 8.68. The molecule has 0 spiro atoms. The van der Waals surface area contributed by atoms with Crippen LogP contribution >= 0.6 is 0 Å². The fourth-order valence-corrected chi connectivity index (χ4v) is 4.88. The maximum atomic E-state index is 13.1. The summed E-state index contributed by atoms with van der Waals surface area (Å²) in [4.78, 5) is 24.8. The first-order valence-corrected chi connectivity index (χ1v) is 11.1. The van der Waals surface area contributed by atoms with Crippen LogP contribution in [0.5, 0.6) is 0 Å². The Morgan fingerprint density at radius 2 is 1.77 bits per heavy atom. The van der Waals surface area contributed by atoms with E-state index in [0.717, 1.165) is 75.0 Å². The molecule has 6 nitrogen and oxygen atoms in total. The van der Waals surface area contributed by atoms with E-state index in [9.17, 15) is 4.79 Å². The van der Waals surface area contributed by atoms with Crippen LogP contribution in [0, 0.1) is 0 Å². The SMILES string of the molecule is O=C(c1cnn(-c2ncc3c(n2)-c2ccccc2CCC3)c1C1CC1)N1CCCC1. The van der Waals surface area contributed by atoms with E-state index in [1.165, 1.54) is 16.7 Å². The summed E-state index contributed by atoms with van der Waals surface area (Å²) >= 11 is 0. The van der Waals surface area contributed by atoms with E-state index >= 15 is 0 Å². The van der Waals surface area contributed by atoms with Crippen molar-refractivity contribution < 1.29 is 4.79 Å². The normalized spacial score (nSPS) is 18.1. The number of fused-ring (bicyclic) bond motifs is 3. The topological polar surface area (TPSA) is 63.9 Å². The lowest BCUT2D eigenvalue weighted by molar-refractivity contribution is 0.0791. The summed E-state index contributed by atoms with van der Waals surface area (Å²) in [5.41, 5.74) is 6.47. The maximum Gasteiger partial charge on any atom is 0.257 e. The molecule has 2 fully saturated rings. The average Bonchev–Trinajstić information content (AvgIpc) is 3.33. The molecular formula is C24H25N5O. The molecule has 1 saturated carbocycles. The predicted octanol–water partition coefficient (Wildman–Crippen LogP) is 3.93. The van der Waals surface area contributed by atoms with Gasteiger partial charge in [0.05, 0.1) is 23.1 Å². The molecule has 2 aliphatic carbocycles. The Balaban J connectivity index is 1.45. The van der Waals surface area contributed by atoms with E-state index in [1.54, 1.807) is 6.20 Å². The van der Waals surface area contributed by atoms with Crippen molar-refractivity contribution in [3.63, 3.8) is 0 Å². The van der Waals surface area contributed by atoms with Crippen LogP contribution in [0.2, 0.25) is 0 Å². The van der Waals surface area contributed by atoms with Crippen molar-refractivity contribution in [1.29, 1.82) is 0 Å². The number of nitrogens with zero attached hydrogens (tertiary/aromatic N) is 5. The second-order valence-electron chi connectivity index (χ2n) is 8.68. The molecule has 3 heterocycles. The van der Waals surface area contributed by atoms with Gasteiger partial charge in [-0.2, -0.15) is 5.10 Å². The van der Waals surface area contributed by atoms with Crippen LogP contribution in [0.15, 0.2) is 36.7 Å². The lowest BCUT2D eigenvalue weighted by Crippen LogP contribution is -2.28. The summed E-state index contributed by atoms with van der Waals surface area (Å²) in [5, 5.41) is 4.61. The maximum absolute atomic E-state index is 13.1. The molecule has 1 aromatic carbocycles. The highest BCUT2D eigenvalue weighted by Gasteiger charge is 2.35. The van der Waals surface area contributed by atoms with Gasteiger partial charge in [0.2, 0.25) is 0 Å². The zero-order valence-electron chi connectivity index (χ0n) is 17.0. The van der Waals surface area contributed by atoms with E-state index in [2.05, 4.69) is 34.3 Å². The summed E-state index contributed by atoms with van der Waals surface area (Å²) in [6.07, 6.45) is 11.2. The zero-order valence-corrected chi connectivity index (χ0v) is 17.0. The van der Waals surface area contributed by atoms with Crippen molar-refractivity contribution in [2.45, 2.75) is 50.9 Å². The fraction of sp³-hybridized carbons (Fsp3) is 0.417. The smallest absolute Gasteiger partial charge is 0.257 e. The van der Waals surface area contributed by atoms with E-state index in [1.807, 2.05) is 15.8 Å². The number of rotatable bonds is 3. The number of hydrogen-bond acceptors (Lipinski definition) is 4. The largest absolute Gasteiger partial charge is 0.339 e. The molecule has 0 unspecified atom stereocenters. The Bertz CT molecular complexity index is 1120. The van der Waals surface area contributed by atoms with Crippen LogP contribution in [0.4, 0.5) is 0 Å². The quantitative estimate of drug-likeness (QED) is 0.669. The lowest BCUT2D eigenvalue weighted by Gasteiger charge is -2.16. The summed E-state index contributed by atoms with van der Waals surface area (Å²) in [6, 6.07) is 8.53. The van der Waals surface area contributed by atoms with Gasteiger partial charge < -0.3 is 4.90 Å². The summed E-state index contributed by atoms with van der Waals surface area (Å²) in [7, 11) is 0. The molecule has 1 saturated heterocycles. The van der Waals surface area contributed by atoms with Gasteiger partial charge in [0.25, 0.3) is 11.9 Å². The second kappa shape index (κ2) is 7.04. The Morgan fingerprint density at radius 3 is 2.60 bits per heavy atom. The Labute approximate surface area is 176 Å². The molecule has 152 valence electrons. The molecule has 0 atom stereocenters. The lowest BCUT2D eigenvalue weighted by atomic mass is 10.0. The van der Waals surface area contributed by atoms with Crippen LogP contribution in [0.25, 0.3) is 17.2 Å². The monoisotopic (exact) mass is 399 g/mol. The first kappa shape index (κ1) is 17.8. The molecule has 3 aromatic rings. The fourth-order valence-electron chi connectivity index (χ4n) is 4.88. The molecule has 0 radical (unpaired) electrons. The summed E-state index contributed by atoms with van der Waals surface area (Å²) in [6.45, 7) is 1.69. The Hall–Kier alpha value is -3.02. The number of carbonyl (C=O) groups is 1. The van der Waals surface area contributed by atoms with Crippen LogP contribution in [0.1, 0.15) is 65.2 Å². The van der Waals surface area contributed by atoms with Crippen LogP contribution < -0.4 is 0 Å². The minimum absolute atomic E-state index is 0.112. The molecule has 30 heavy (non-hydrogen) atoms. The molecular weight excluding hydrogens is 374 g/mol. The van der Waals surface area contributed by atoms with Crippen molar-refractivity contribution >= 4 is 5.91 Å². The van der Waals surface area contributed by atoms with Crippen LogP contribution in [-0.4, -0.2) is 43.6 Å². The highest BCUT2D eigenvalue weighted by molar-refractivity contribution is 5.95. The molecule has 1 aliphatic heterocycles. The minimum atomic E-state index is 0.112. The number of aryl methyl sites for hydroxylation is 2. The van der Waals surface area contributed by atoms with E-state index in [0.29, 0.717) is 11.9 Å². The van der Waals surface area contributed by atoms with Crippen molar-refractivity contribution in [3.05, 3.63) is 59.0 Å². The van der Waals surface area contributed by atoms with Crippen LogP contribution in [0.3, 0.4) is 0 Å². The van der Waals surface area contributed by atoms with Crippen LogP contribution in [-0.2, 0) is 12.8 Å².